The zero-order valence-corrected chi connectivity index (χ0v) is 14.0. The Kier molecular flexibility index (Phi) is 4.97. The molecule has 2 heterocycles. The van der Waals surface area contributed by atoms with Crippen LogP contribution in [0, 0.1) is 0 Å². The van der Waals surface area contributed by atoms with Crippen molar-refractivity contribution >= 4 is 12.1 Å². The fourth-order valence-corrected chi connectivity index (χ4v) is 2.81. The summed E-state index contributed by atoms with van der Waals surface area (Å²) >= 11 is 0. The third-order valence-corrected chi connectivity index (χ3v) is 3.81. The van der Waals surface area contributed by atoms with Crippen LogP contribution in [0.25, 0.3) is 0 Å². The molecule has 1 aliphatic rings. The maximum atomic E-state index is 13.2. The zero-order chi connectivity index (χ0) is 19.0. The van der Waals surface area contributed by atoms with Gasteiger partial charge in [-0.15, -0.1) is 0 Å². The summed E-state index contributed by atoms with van der Waals surface area (Å²) in [7, 11) is 0. The smallest absolute Gasteiger partial charge is 0.416 e. The number of carbonyl (C=O) groups is 2. The third-order valence-electron chi connectivity index (χ3n) is 3.81. The summed E-state index contributed by atoms with van der Waals surface area (Å²) in [6, 6.07) is -0.400. The van der Waals surface area contributed by atoms with Crippen molar-refractivity contribution in [3.05, 3.63) is 29.6 Å². The normalized spacial score (nSPS) is 21.3. The van der Waals surface area contributed by atoms with Crippen LogP contribution in [0.3, 0.4) is 0 Å². The Morgan fingerprint density at radius 2 is 1.96 bits per heavy atom. The number of ether oxygens (including phenoxy) is 1. The first-order valence-electron chi connectivity index (χ1n) is 7.63. The molecule has 1 unspecified atom stereocenters. The van der Waals surface area contributed by atoms with E-state index in [0.29, 0.717) is 0 Å². The maximum absolute atomic E-state index is 13.2. The number of hydrogen-bond donors (Lipinski definition) is 1. The number of alkyl halides is 3. The Bertz CT molecular complexity index is 670. The highest BCUT2D eigenvalue weighted by Crippen LogP contribution is 2.40. The number of rotatable bonds is 2. The van der Waals surface area contributed by atoms with Gasteiger partial charge < -0.3 is 9.84 Å². The first-order chi connectivity index (χ1) is 11.4. The molecule has 6 nitrogen and oxygen atoms in total. The minimum Gasteiger partial charge on any atom is -0.480 e. The van der Waals surface area contributed by atoms with E-state index in [-0.39, 0.29) is 18.5 Å². The van der Waals surface area contributed by atoms with Gasteiger partial charge >= 0.3 is 18.2 Å². The number of carbonyl (C=O) groups excluding carboxylic acids is 1. The van der Waals surface area contributed by atoms with Crippen molar-refractivity contribution < 1.29 is 32.6 Å². The van der Waals surface area contributed by atoms with Crippen molar-refractivity contribution in [1.29, 1.82) is 0 Å². The predicted molar refractivity (Wildman–Crippen MR) is 81.0 cm³/mol. The van der Waals surface area contributed by atoms with E-state index in [0.717, 1.165) is 23.4 Å². The first-order valence-corrected chi connectivity index (χ1v) is 7.63. The standard InChI is InChI=1S/C16H19F3N2O4/c1-15(2,3)25-14(24)21-8-9(6-12(21)13(22)23)10-7-20-5-4-11(10)16(17,18)19/h4-5,7,9,12H,6,8H2,1-3H3,(H,22,23)/t9?,12-/m1/s1. The van der Waals surface area contributed by atoms with Crippen molar-refractivity contribution in [1.82, 2.24) is 9.88 Å². The van der Waals surface area contributed by atoms with Crippen LogP contribution in [0.1, 0.15) is 44.2 Å². The van der Waals surface area contributed by atoms with Gasteiger partial charge in [-0.2, -0.15) is 13.2 Å². The number of hydrogen-bond acceptors (Lipinski definition) is 4. The number of halogens is 3. The third kappa shape index (κ3) is 4.40. The second-order valence-electron chi connectivity index (χ2n) is 6.88. The summed E-state index contributed by atoms with van der Waals surface area (Å²) in [5.74, 6) is -2.08. The van der Waals surface area contributed by atoms with Crippen LogP contribution >= 0.6 is 0 Å². The van der Waals surface area contributed by atoms with E-state index < -0.39 is 41.4 Å². The molecule has 9 heteroatoms. The van der Waals surface area contributed by atoms with Crippen molar-refractivity contribution in [2.24, 2.45) is 0 Å². The average Bonchev–Trinajstić information content (AvgIpc) is 2.90. The van der Waals surface area contributed by atoms with E-state index in [2.05, 4.69) is 4.98 Å². The van der Waals surface area contributed by atoms with Crippen LogP contribution < -0.4 is 0 Å². The summed E-state index contributed by atoms with van der Waals surface area (Å²) in [6.07, 6.45) is -3.48. The molecule has 0 aliphatic carbocycles. The van der Waals surface area contributed by atoms with Crippen LogP contribution in [0.4, 0.5) is 18.0 Å². The van der Waals surface area contributed by atoms with Gasteiger partial charge in [-0.25, -0.2) is 9.59 Å². The van der Waals surface area contributed by atoms with Crippen molar-refractivity contribution in [2.75, 3.05) is 6.54 Å². The molecule has 1 fully saturated rings. The molecule has 0 bridgehead atoms. The van der Waals surface area contributed by atoms with Gasteiger partial charge in [0.05, 0.1) is 5.56 Å². The molecule has 1 amide bonds. The average molecular weight is 360 g/mol. The molecule has 1 saturated heterocycles. The van der Waals surface area contributed by atoms with Crippen LogP contribution in [-0.2, 0) is 15.7 Å². The number of aromatic nitrogens is 1. The van der Waals surface area contributed by atoms with Gasteiger partial charge in [-0.05, 0) is 38.8 Å². The summed E-state index contributed by atoms with van der Waals surface area (Å²) in [4.78, 5) is 28.4. The Labute approximate surface area is 142 Å². The minimum absolute atomic E-state index is 0.118. The molecule has 1 aliphatic heterocycles. The Balaban J connectivity index is 2.32. The highest BCUT2D eigenvalue weighted by atomic mass is 19.4. The van der Waals surface area contributed by atoms with Crippen molar-refractivity contribution in [2.45, 2.75) is 50.9 Å². The molecule has 1 aromatic heterocycles. The van der Waals surface area contributed by atoms with E-state index in [9.17, 15) is 27.9 Å². The summed E-state index contributed by atoms with van der Waals surface area (Å²) in [5.41, 5.74) is -1.83. The van der Waals surface area contributed by atoms with E-state index >= 15 is 0 Å². The van der Waals surface area contributed by atoms with Crippen LogP contribution in [0.5, 0.6) is 0 Å². The van der Waals surface area contributed by atoms with Crippen molar-refractivity contribution in [3.63, 3.8) is 0 Å². The lowest BCUT2D eigenvalue weighted by atomic mass is 9.93. The van der Waals surface area contributed by atoms with Crippen molar-refractivity contribution in [3.8, 4) is 0 Å². The molecule has 138 valence electrons. The topological polar surface area (TPSA) is 79.7 Å². The molecule has 25 heavy (non-hydrogen) atoms. The number of carboxylic acids is 1. The van der Waals surface area contributed by atoms with Crippen LogP contribution in [-0.4, -0.2) is 45.2 Å². The fraction of sp³-hybridized carbons (Fsp3) is 0.562. The van der Waals surface area contributed by atoms with Gasteiger partial charge in [0.1, 0.15) is 11.6 Å². The van der Waals surface area contributed by atoms with Crippen LogP contribution in [0.15, 0.2) is 18.5 Å². The van der Waals surface area contributed by atoms with Gasteiger partial charge in [0.15, 0.2) is 0 Å². The molecular weight excluding hydrogens is 341 g/mol. The molecule has 1 N–H and O–H groups in total. The highest BCUT2D eigenvalue weighted by molar-refractivity contribution is 5.81. The summed E-state index contributed by atoms with van der Waals surface area (Å²) in [5, 5.41) is 9.34. The second-order valence-corrected chi connectivity index (χ2v) is 6.88. The van der Waals surface area contributed by atoms with E-state index in [4.69, 9.17) is 4.74 Å². The Hall–Kier alpha value is -2.32. The number of amides is 1. The minimum atomic E-state index is -4.59. The number of pyridine rings is 1. The lowest BCUT2D eigenvalue weighted by Crippen LogP contribution is -2.43. The fourth-order valence-electron chi connectivity index (χ4n) is 2.81. The molecular formula is C16H19F3N2O4. The molecule has 0 radical (unpaired) electrons. The van der Waals surface area contributed by atoms with Gasteiger partial charge in [0.2, 0.25) is 0 Å². The SMILES string of the molecule is CC(C)(C)OC(=O)N1CC(c2cnccc2C(F)(F)F)C[C@@H]1C(=O)O. The highest BCUT2D eigenvalue weighted by Gasteiger charge is 2.45. The van der Waals surface area contributed by atoms with E-state index in [1.807, 2.05) is 0 Å². The molecule has 1 aromatic rings. The predicted octanol–water partition coefficient (Wildman–Crippen LogP) is 3.28. The molecule has 0 aromatic carbocycles. The summed E-state index contributed by atoms with van der Waals surface area (Å²) in [6.45, 7) is 4.69. The second kappa shape index (κ2) is 6.53. The van der Waals surface area contributed by atoms with Gasteiger partial charge in [0, 0.05) is 24.9 Å². The number of likely N-dealkylation sites (tertiary alicyclic amines) is 1. The summed E-state index contributed by atoms with van der Waals surface area (Å²) < 4.78 is 44.7. The number of nitrogens with zero attached hydrogens (tertiary/aromatic N) is 2. The van der Waals surface area contributed by atoms with E-state index in [1.54, 1.807) is 20.8 Å². The first kappa shape index (κ1) is 19.0. The lowest BCUT2D eigenvalue weighted by molar-refractivity contribution is -0.142. The molecule has 0 saturated carbocycles. The Morgan fingerprint density at radius 3 is 2.48 bits per heavy atom. The van der Waals surface area contributed by atoms with E-state index in [1.165, 1.54) is 0 Å². The van der Waals surface area contributed by atoms with Gasteiger partial charge in [0.25, 0.3) is 0 Å². The number of carboxylic acid groups (broad SMARTS) is 1. The quantitative estimate of drug-likeness (QED) is 0.876. The molecule has 2 atom stereocenters. The molecule has 0 spiro atoms. The lowest BCUT2D eigenvalue weighted by Gasteiger charge is -2.26. The Morgan fingerprint density at radius 1 is 1.32 bits per heavy atom. The molecule has 2 rings (SSSR count). The number of aliphatic carboxylic acids is 1. The monoisotopic (exact) mass is 360 g/mol. The zero-order valence-electron chi connectivity index (χ0n) is 14.0. The van der Waals surface area contributed by atoms with Crippen LogP contribution in [0.2, 0.25) is 0 Å². The largest absolute Gasteiger partial charge is 0.480 e. The maximum Gasteiger partial charge on any atom is 0.416 e. The van der Waals surface area contributed by atoms with Gasteiger partial charge in [-0.3, -0.25) is 9.88 Å². The van der Waals surface area contributed by atoms with Gasteiger partial charge in [-0.1, -0.05) is 0 Å².